The minimum Gasteiger partial charge on any atom is -0.352 e. The highest BCUT2D eigenvalue weighted by molar-refractivity contribution is 9.10. The number of nitrogens with one attached hydrogen (secondary N) is 1. The summed E-state index contributed by atoms with van der Waals surface area (Å²) in [4.78, 5) is 12.0. The van der Waals surface area contributed by atoms with Gasteiger partial charge in [-0.25, -0.2) is 13.6 Å². The molecule has 0 heterocycles. The molecule has 2 rings (SSSR count). The van der Waals surface area contributed by atoms with Crippen molar-refractivity contribution < 1.29 is 13.2 Å². The third-order valence-electron chi connectivity index (χ3n) is 3.59. The normalized spacial score (nSPS) is 21.6. The van der Waals surface area contributed by atoms with Gasteiger partial charge in [-0.15, -0.1) is 0 Å². The van der Waals surface area contributed by atoms with Crippen LogP contribution in [-0.2, 0) is 10.0 Å². The first-order chi connectivity index (χ1) is 9.20. The molecule has 1 aliphatic carbocycles. The van der Waals surface area contributed by atoms with Gasteiger partial charge in [-0.2, -0.15) is 0 Å². The first kappa shape index (κ1) is 15.5. The summed E-state index contributed by atoms with van der Waals surface area (Å²) in [5.41, 5.74) is 0.962. The van der Waals surface area contributed by atoms with Crippen LogP contribution in [0.15, 0.2) is 21.5 Å². The SMILES string of the molecule is Cc1cc(C(=O)NCC2CC2C)cc(S(N)(=O)=O)c1Br. The number of nitrogens with two attached hydrogens (primary N) is 1. The lowest BCUT2D eigenvalue weighted by Crippen LogP contribution is -2.26. The van der Waals surface area contributed by atoms with E-state index >= 15 is 0 Å². The number of sulfonamides is 1. The van der Waals surface area contributed by atoms with Gasteiger partial charge in [0, 0.05) is 16.6 Å². The smallest absolute Gasteiger partial charge is 0.251 e. The summed E-state index contributed by atoms with van der Waals surface area (Å²) in [7, 11) is -3.87. The molecule has 1 aliphatic rings. The fourth-order valence-corrected chi connectivity index (χ4v) is 3.69. The monoisotopic (exact) mass is 360 g/mol. The van der Waals surface area contributed by atoms with Gasteiger partial charge in [-0.1, -0.05) is 6.92 Å². The molecule has 0 radical (unpaired) electrons. The number of carbonyl (C=O) groups is 1. The van der Waals surface area contributed by atoms with Crippen molar-refractivity contribution in [2.24, 2.45) is 17.0 Å². The molecular formula is C13H17BrN2O3S. The predicted octanol–water partition coefficient (Wildman–Crippen LogP) is 1.79. The quantitative estimate of drug-likeness (QED) is 0.857. The second-order valence-corrected chi connectivity index (χ2v) is 7.66. The van der Waals surface area contributed by atoms with E-state index in [9.17, 15) is 13.2 Å². The van der Waals surface area contributed by atoms with E-state index in [2.05, 4.69) is 28.2 Å². The van der Waals surface area contributed by atoms with Crippen molar-refractivity contribution in [2.45, 2.75) is 25.2 Å². The van der Waals surface area contributed by atoms with Crippen molar-refractivity contribution in [1.82, 2.24) is 5.32 Å². The number of amides is 1. The van der Waals surface area contributed by atoms with Crippen molar-refractivity contribution in [1.29, 1.82) is 0 Å². The van der Waals surface area contributed by atoms with Crippen LogP contribution in [0.2, 0.25) is 0 Å². The van der Waals surface area contributed by atoms with Crippen LogP contribution in [0.25, 0.3) is 0 Å². The Labute approximate surface area is 127 Å². The first-order valence-corrected chi connectivity index (χ1v) is 8.65. The molecular weight excluding hydrogens is 344 g/mol. The van der Waals surface area contributed by atoms with Crippen LogP contribution < -0.4 is 10.5 Å². The van der Waals surface area contributed by atoms with Crippen LogP contribution >= 0.6 is 15.9 Å². The summed E-state index contributed by atoms with van der Waals surface area (Å²) in [5.74, 6) is 0.916. The van der Waals surface area contributed by atoms with E-state index in [1.165, 1.54) is 6.07 Å². The lowest BCUT2D eigenvalue weighted by atomic mass is 10.1. The number of primary sulfonamides is 1. The third-order valence-corrected chi connectivity index (χ3v) is 5.84. The van der Waals surface area contributed by atoms with Crippen molar-refractivity contribution in [3.05, 3.63) is 27.7 Å². The first-order valence-electron chi connectivity index (χ1n) is 6.31. The average Bonchev–Trinajstić information content (AvgIpc) is 3.04. The molecule has 1 aromatic rings. The maximum atomic E-state index is 12.1. The molecule has 0 aromatic heterocycles. The van der Waals surface area contributed by atoms with Gasteiger partial charge in [-0.3, -0.25) is 4.79 Å². The predicted molar refractivity (Wildman–Crippen MR) is 79.9 cm³/mol. The van der Waals surface area contributed by atoms with Gasteiger partial charge in [0.2, 0.25) is 10.0 Å². The van der Waals surface area contributed by atoms with Crippen LogP contribution in [0, 0.1) is 18.8 Å². The molecule has 20 heavy (non-hydrogen) atoms. The maximum absolute atomic E-state index is 12.1. The van der Waals surface area contributed by atoms with Gasteiger partial charge in [-0.05, 0) is 58.8 Å². The summed E-state index contributed by atoms with van der Waals surface area (Å²) >= 11 is 3.19. The summed E-state index contributed by atoms with van der Waals surface area (Å²) in [6.45, 7) is 4.48. The lowest BCUT2D eigenvalue weighted by molar-refractivity contribution is 0.0951. The van der Waals surface area contributed by atoms with Crippen LogP contribution in [0.1, 0.15) is 29.3 Å². The summed E-state index contributed by atoms with van der Waals surface area (Å²) in [6.07, 6.45) is 1.13. The Hall–Kier alpha value is -0.920. The molecule has 1 aromatic carbocycles. The standard InChI is InChI=1S/C13H17BrN2O3S/c1-7-3-10(7)6-16-13(17)9-4-8(2)12(14)11(5-9)20(15,18)19/h4-5,7,10H,3,6H2,1-2H3,(H,16,17)(H2,15,18,19). The molecule has 5 nitrogen and oxygen atoms in total. The van der Waals surface area contributed by atoms with Gasteiger partial charge in [0.05, 0.1) is 4.90 Å². The molecule has 2 unspecified atom stereocenters. The minimum absolute atomic E-state index is 0.0672. The summed E-state index contributed by atoms with van der Waals surface area (Å²) < 4.78 is 23.4. The summed E-state index contributed by atoms with van der Waals surface area (Å²) in [6, 6.07) is 2.95. The molecule has 7 heteroatoms. The van der Waals surface area contributed by atoms with Gasteiger partial charge in [0.15, 0.2) is 0 Å². The lowest BCUT2D eigenvalue weighted by Gasteiger charge is -2.10. The number of rotatable bonds is 4. The maximum Gasteiger partial charge on any atom is 0.251 e. The van der Waals surface area contributed by atoms with E-state index in [1.807, 2.05) is 0 Å². The van der Waals surface area contributed by atoms with Crippen molar-refractivity contribution in [3.63, 3.8) is 0 Å². The molecule has 0 bridgehead atoms. The second kappa shape index (κ2) is 5.46. The van der Waals surface area contributed by atoms with Crippen LogP contribution in [0.3, 0.4) is 0 Å². The largest absolute Gasteiger partial charge is 0.352 e. The molecule has 3 N–H and O–H groups in total. The highest BCUT2D eigenvalue weighted by atomic mass is 79.9. The minimum atomic E-state index is -3.87. The van der Waals surface area contributed by atoms with Crippen molar-refractivity contribution in [3.8, 4) is 0 Å². The zero-order valence-electron chi connectivity index (χ0n) is 11.3. The Morgan fingerprint density at radius 3 is 2.60 bits per heavy atom. The third kappa shape index (κ3) is 3.39. The summed E-state index contributed by atoms with van der Waals surface area (Å²) in [5, 5.41) is 7.98. The van der Waals surface area contributed by atoms with Gasteiger partial charge >= 0.3 is 0 Å². The molecule has 2 atom stereocenters. The van der Waals surface area contributed by atoms with Crippen LogP contribution in [-0.4, -0.2) is 20.9 Å². The Morgan fingerprint density at radius 2 is 2.10 bits per heavy atom. The van der Waals surface area contributed by atoms with E-state index in [4.69, 9.17) is 5.14 Å². The number of halogens is 1. The molecule has 1 amide bonds. The van der Waals surface area contributed by atoms with E-state index in [0.717, 1.165) is 6.42 Å². The van der Waals surface area contributed by atoms with Gasteiger partial charge in [0.1, 0.15) is 0 Å². The Bertz CT molecular complexity index is 658. The fourth-order valence-electron chi connectivity index (χ4n) is 2.08. The van der Waals surface area contributed by atoms with Gasteiger partial charge in [0.25, 0.3) is 5.91 Å². The van der Waals surface area contributed by atoms with Crippen LogP contribution in [0.4, 0.5) is 0 Å². The molecule has 0 spiro atoms. The highest BCUT2D eigenvalue weighted by Crippen LogP contribution is 2.36. The molecule has 0 saturated heterocycles. The topological polar surface area (TPSA) is 89.3 Å². The zero-order valence-corrected chi connectivity index (χ0v) is 13.7. The number of hydrogen-bond donors (Lipinski definition) is 2. The molecule has 0 aliphatic heterocycles. The van der Waals surface area contributed by atoms with E-state index in [-0.39, 0.29) is 10.8 Å². The van der Waals surface area contributed by atoms with E-state index < -0.39 is 10.0 Å². The average molecular weight is 361 g/mol. The number of carbonyl (C=O) groups excluding carboxylic acids is 1. The Kier molecular flexibility index (Phi) is 4.22. The van der Waals surface area contributed by atoms with Gasteiger partial charge < -0.3 is 5.32 Å². The highest BCUT2D eigenvalue weighted by Gasteiger charge is 2.32. The van der Waals surface area contributed by atoms with Crippen molar-refractivity contribution >= 4 is 31.9 Å². The number of aryl methyl sites for hydroxylation is 1. The van der Waals surface area contributed by atoms with Crippen molar-refractivity contribution in [2.75, 3.05) is 6.54 Å². The molecule has 1 saturated carbocycles. The molecule has 110 valence electrons. The van der Waals surface area contributed by atoms with E-state index in [0.29, 0.717) is 34.0 Å². The van der Waals surface area contributed by atoms with Crippen LogP contribution in [0.5, 0.6) is 0 Å². The Morgan fingerprint density at radius 1 is 1.50 bits per heavy atom. The zero-order chi connectivity index (χ0) is 15.1. The fraction of sp³-hybridized carbons (Fsp3) is 0.462. The second-order valence-electron chi connectivity index (χ2n) is 5.33. The Balaban J connectivity index is 2.23. The number of benzene rings is 1. The molecule has 1 fully saturated rings. The van der Waals surface area contributed by atoms with E-state index in [1.54, 1.807) is 13.0 Å². The number of hydrogen-bond acceptors (Lipinski definition) is 3.